The van der Waals surface area contributed by atoms with E-state index in [1.54, 1.807) is 4.68 Å². The van der Waals surface area contributed by atoms with Crippen molar-refractivity contribution in [3.05, 3.63) is 18.0 Å². The van der Waals surface area contributed by atoms with Crippen molar-refractivity contribution in [2.75, 3.05) is 0 Å². The molecule has 2 rings (SSSR count). The maximum atomic E-state index is 11.7. The van der Waals surface area contributed by atoms with Crippen molar-refractivity contribution >= 4 is 6.09 Å². The quantitative estimate of drug-likeness (QED) is 0.890. The zero-order valence-electron chi connectivity index (χ0n) is 13.3. The van der Waals surface area contributed by atoms with Crippen LogP contribution in [0.15, 0.2) is 12.4 Å². The Kier molecular flexibility index (Phi) is 4.88. The Bertz CT molecular complexity index is 478. The molecular weight excluding hydrogens is 268 g/mol. The SMILES string of the molecule is Cn1cc(CNC2CCC(NC(=O)OC(C)(C)C)C2)cn1. The van der Waals surface area contributed by atoms with Crippen LogP contribution in [-0.4, -0.2) is 33.6 Å². The van der Waals surface area contributed by atoms with E-state index in [9.17, 15) is 4.79 Å². The van der Waals surface area contributed by atoms with Crippen molar-refractivity contribution in [3.63, 3.8) is 0 Å². The number of rotatable bonds is 4. The molecule has 1 aliphatic carbocycles. The van der Waals surface area contributed by atoms with Gasteiger partial charge in [-0.2, -0.15) is 5.10 Å². The summed E-state index contributed by atoms with van der Waals surface area (Å²) < 4.78 is 7.09. The summed E-state index contributed by atoms with van der Waals surface area (Å²) in [6.07, 6.45) is 6.57. The summed E-state index contributed by atoms with van der Waals surface area (Å²) in [5.74, 6) is 0. The fourth-order valence-corrected chi connectivity index (χ4v) is 2.60. The molecular formula is C15H26N4O2. The normalized spacial score (nSPS) is 22.3. The minimum absolute atomic E-state index is 0.200. The number of alkyl carbamates (subject to hydrolysis) is 1. The van der Waals surface area contributed by atoms with Crippen LogP contribution in [0.3, 0.4) is 0 Å². The van der Waals surface area contributed by atoms with Crippen molar-refractivity contribution in [2.45, 2.75) is 64.3 Å². The maximum absolute atomic E-state index is 11.7. The maximum Gasteiger partial charge on any atom is 0.407 e. The van der Waals surface area contributed by atoms with Crippen molar-refractivity contribution in [2.24, 2.45) is 7.05 Å². The first-order chi connectivity index (χ1) is 9.82. The van der Waals surface area contributed by atoms with Crippen LogP contribution < -0.4 is 10.6 Å². The highest BCUT2D eigenvalue weighted by Gasteiger charge is 2.27. The largest absolute Gasteiger partial charge is 0.444 e. The summed E-state index contributed by atoms with van der Waals surface area (Å²) in [5, 5.41) is 10.6. The molecule has 118 valence electrons. The monoisotopic (exact) mass is 294 g/mol. The molecule has 0 saturated heterocycles. The molecule has 1 aliphatic rings. The van der Waals surface area contributed by atoms with Gasteiger partial charge in [0.1, 0.15) is 5.60 Å². The summed E-state index contributed by atoms with van der Waals surface area (Å²) in [6.45, 7) is 6.44. The smallest absolute Gasteiger partial charge is 0.407 e. The van der Waals surface area contributed by atoms with E-state index in [2.05, 4.69) is 15.7 Å². The molecule has 1 fully saturated rings. The summed E-state index contributed by atoms with van der Waals surface area (Å²) in [7, 11) is 1.92. The van der Waals surface area contributed by atoms with Gasteiger partial charge >= 0.3 is 6.09 Å². The minimum atomic E-state index is -0.444. The van der Waals surface area contributed by atoms with Gasteiger partial charge in [0.25, 0.3) is 0 Å². The Morgan fingerprint density at radius 2 is 2.14 bits per heavy atom. The van der Waals surface area contributed by atoms with Gasteiger partial charge in [0.05, 0.1) is 6.20 Å². The van der Waals surface area contributed by atoms with Gasteiger partial charge < -0.3 is 15.4 Å². The fraction of sp³-hybridized carbons (Fsp3) is 0.733. The molecule has 0 spiro atoms. The van der Waals surface area contributed by atoms with Gasteiger partial charge in [-0.1, -0.05) is 0 Å². The van der Waals surface area contributed by atoms with Gasteiger partial charge in [0, 0.05) is 37.4 Å². The van der Waals surface area contributed by atoms with Gasteiger partial charge in [-0.25, -0.2) is 4.79 Å². The Morgan fingerprint density at radius 1 is 1.43 bits per heavy atom. The molecule has 1 saturated carbocycles. The van der Waals surface area contributed by atoms with E-state index < -0.39 is 5.60 Å². The number of carbonyl (C=O) groups excluding carboxylic acids is 1. The number of nitrogens with one attached hydrogen (secondary N) is 2. The number of hydrogen-bond donors (Lipinski definition) is 2. The van der Waals surface area contributed by atoms with E-state index in [1.165, 1.54) is 5.56 Å². The zero-order chi connectivity index (χ0) is 15.5. The summed E-state index contributed by atoms with van der Waals surface area (Å²) in [4.78, 5) is 11.7. The second-order valence-corrected chi connectivity index (χ2v) is 6.76. The van der Waals surface area contributed by atoms with Crippen LogP contribution in [0.1, 0.15) is 45.6 Å². The van der Waals surface area contributed by atoms with Crippen LogP contribution in [0.2, 0.25) is 0 Å². The second kappa shape index (κ2) is 6.47. The predicted molar refractivity (Wildman–Crippen MR) is 80.8 cm³/mol. The second-order valence-electron chi connectivity index (χ2n) is 6.76. The molecule has 1 aromatic heterocycles. The van der Waals surface area contributed by atoms with E-state index in [4.69, 9.17) is 4.74 Å². The zero-order valence-corrected chi connectivity index (χ0v) is 13.3. The first-order valence-electron chi connectivity index (χ1n) is 7.52. The lowest BCUT2D eigenvalue weighted by Gasteiger charge is -2.21. The van der Waals surface area contributed by atoms with Crippen molar-refractivity contribution in [1.29, 1.82) is 0 Å². The van der Waals surface area contributed by atoms with E-state index in [-0.39, 0.29) is 12.1 Å². The molecule has 1 heterocycles. The van der Waals surface area contributed by atoms with E-state index in [0.29, 0.717) is 6.04 Å². The van der Waals surface area contributed by atoms with Crippen LogP contribution >= 0.6 is 0 Å². The molecule has 2 atom stereocenters. The average molecular weight is 294 g/mol. The molecule has 0 aliphatic heterocycles. The number of hydrogen-bond acceptors (Lipinski definition) is 4. The molecule has 0 bridgehead atoms. The van der Waals surface area contributed by atoms with Crippen LogP contribution in [0.5, 0.6) is 0 Å². The Hall–Kier alpha value is -1.56. The highest BCUT2D eigenvalue weighted by Crippen LogP contribution is 2.20. The van der Waals surface area contributed by atoms with Gasteiger partial charge in [-0.15, -0.1) is 0 Å². The molecule has 0 radical (unpaired) electrons. The number of amides is 1. The molecule has 6 nitrogen and oxygen atoms in total. The number of carbonyl (C=O) groups is 1. The molecule has 1 aromatic rings. The summed E-state index contributed by atoms with van der Waals surface area (Å²) in [6, 6.07) is 0.636. The van der Waals surface area contributed by atoms with Crippen molar-refractivity contribution < 1.29 is 9.53 Å². The van der Waals surface area contributed by atoms with Crippen molar-refractivity contribution in [1.82, 2.24) is 20.4 Å². The van der Waals surface area contributed by atoms with Crippen LogP contribution in [-0.2, 0) is 18.3 Å². The number of aromatic nitrogens is 2. The van der Waals surface area contributed by atoms with Crippen LogP contribution in [0, 0.1) is 0 Å². The number of nitrogens with zero attached hydrogens (tertiary/aromatic N) is 2. The lowest BCUT2D eigenvalue weighted by molar-refractivity contribution is 0.0505. The minimum Gasteiger partial charge on any atom is -0.444 e. The predicted octanol–water partition coefficient (Wildman–Crippen LogP) is 1.96. The lowest BCUT2D eigenvalue weighted by atomic mass is 10.2. The van der Waals surface area contributed by atoms with Crippen molar-refractivity contribution in [3.8, 4) is 0 Å². The Morgan fingerprint density at radius 3 is 2.76 bits per heavy atom. The van der Waals surface area contributed by atoms with E-state index in [1.807, 2.05) is 40.2 Å². The lowest BCUT2D eigenvalue weighted by Crippen LogP contribution is -2.38. The molecule has 6 heteroatoms. The molecule has 0 aromatic carbocycles. The summed E-state index contributed by atoms with van der Waals surface area (Å²) in [5.41, 5.74) is 0.738. The van der Waals surface area contributed by atoms with Crippen LogP contribution in [0.25, 0.3) is 0 Å². The van der Waals surface area contributed by atoms with Gasteiger partial charge in [-0.05, 0) is 40.0 Å². The van der Waals surface area contributed by atoms with Crippen LogP contribution in [0.4, 0.5) is 4.79 Å². The third-order valence-electron chi connectivity index (χ3n) is 3.51. The van der Waals surface area contributed by atoms with Gasteiger partial charge in [-0.3, -0.25) is 4.68 Å². The molecule has 1 amide bonds. The van der Waals surface area contributed by atoms with Gasteiger partial charge in [0.2, 0.25) is 0 Å². The third kappa shape index (κ3) is 5.38. The highest BCUT2D eigenvalue weighted by molar-refractivity contribution is 5.68. The number of aryl methyl sites for hydroxylation is 1. The first kappa shape index (κ1) is 15.8. The molecule has 21 heavy (non-hydrogen) atoms. The number of ether oxygens (including phenoxy) is 1. The Labute approximate surface area is 126 Å². The molecule has 2 unspecified atom stereocenters. The van der Waals surface area contributed by atoms with E-state index in [0.717, 1.165) is 25.8 Å². The standard InChI is InChI=1S/C15H26N4O2/c1-15(2,3)21-14(20)18-13-6-5-12(7-13)16-8-11-9-17-19(4)10-11/h9-10,12-13,16H,5-8H2,1-4H3,(H,18,20). The van der Waals surface area contributed by atoms with Gasteiger partial charge in [0.15, 0.2) is 0 Å². The van der Waals surface area contributed by atoms with E-state index >= 15 is 0 Å². The Balaban J connectivity index is 1.70. The molecule has 2 N–H and O–H groups in total. The first-order valence-corrected chi connectivity index (χ1v) is 7.52. The topological polar surface area (TPSA) is 68.2 Å². The fourth-order valence-electron chi connectivity index (χ4n) is 2.60. The summed E-state index contributed by atoms with van der Waals surface area (Å²) >= 11 is 0. The highest BCUT2D eigenvalue weighted by atomic mass is 16.6. The third-order valence-corrected chi connectivity index (χ3v) is 3.51. The average Bonchev–Trinajstić information content (AvgIpc) is 2.93.